The van der Waals surface area contributed by atoms with E-state index in [4.69, 9.17) is 0 Å². The molecule has 2 amide bonds. The van der Waals surface area contributed by atoms with Crippen molar-refractivity contribution >= 4 is 17.5 Å². The van der Waals surface area contributed by atoms with E-state index in [1.54, 1.807) is 0 Å². The zero-order valence-electron chi connectivity index (χ0n) is 13.1. The highest BCUT2D eigenvalue weighted by molar-refractivity contribution is 6.39. The van der Waals surface area contributed by atoms with Gasteiger partial charge in [0.25, 0.3) is 0 Å². The lowest BCUT2D eigenvalue weighted by Crippen LogP contribution is -2.37. The maximum absolute atomic E-state index is 13.4. The number of anilines is 1. The molecule has 0 saturated heterocycles. The SMILES string of the molecule is CCN(CC)CCCNC(=O)C(=O)Nc1ccc(F)c(F)c1F. The Balaban J connectivity index is 2.46. The van der Waals surface area contributed by atoms with Gasteiger partial charge in [-0.05, 0) is 38.2 Å². The molecule has 0 aliphatic rings. The van der Waals surface area contributed by atoms with Gasteiger partial charge in [-0.3, -0.25) is 9.59 Å². The fourth-order valence-corrected chi connectivity index (χ4v) is 1.93. The number of amides is 2. The molecule has 2 N–H and O–H groups in total. The van der Waals surface area contributed by atoms with Crippen LogP contribution in [0.1, 0.15) is 20.3 Å². The molecule has 23 heavy (non-hydrogen) atoms. The Morgan fingerprint density at radius 2 is 1.70 bits per heavy atom. The molecule has 0 bridgehead atoms. The first-order chi connectivity index (χ1) is 10.9. The van der Waals surface area contributed by atoms with E-state index >= 15 is 0 Å². The highest BCUT2D eigenvalue weighted by Gasteiger charge is 2.18. The lowest BCUT2D eigenvalue weighted by atomic mass is 10.2. The van der Waals surface area contributed by atoms with Crippen molar-refractivity contribution in [3.05, 3.63) is 29.6 Å². The van der Waals surface area contributed by atoms with Crippen LogP contribution in [0.15, 0.2) is 12.1 Å². The van der Waals surface area contributed by atoms with Crippen LogP contribution in [0.3, 0.4) is 0 Å². The van der Waals surface area contributed by atoms with Gasteiger partial charge < -0.3 is 15.5 Å². The summed E-state index contributed by atoms with van der Waals surface area (Å²) in [6, 6.07) is 1.51. The van der Waals surface area contributed by atoms with Crippen molar-refractivity contribution in [3.8, 4) is 0 Å². The second kappa shape index (κ2) is 9.14. The molecule has 1 rings (SSSR count). The lowest BCUT2D eigenvalue weighted by Gasteiger charge is -2.17. The molecule has 0 atom stereocenters. The number of rotatable bonds is 7. The number of nitrogens with zero attached hydrogens (tertiary/aromatic N) is 1. The Morgan fingerprint density at radius 3 is 2.30 bits per heavy atom. The van der Waals surface area contributed by atoms with Gasteiger partial charge in [0.2, 0.25) is 0 Å². The zero-order chi connectivity index (χ0) is 17.4. The molecule has 0 spiro atoms. The molecule has 0 unspecified atom stereocenters. The van der Waals surface area contributed by atoms with Gasteiger partial charge in [0.15, 0.2) is 17.5 Å². The number of benzene rings is 1. The molecule has 0 fully saturated rings. The first-order valence-corrected chi connectivity index (χ1v) is 7.35. The molecule has 0 heterocycles. The van der Waals surface area contributed by atoms with Gasteiger partial charge in [0, 0.05) is 6.54 Å². The van der Waals surface area contributed by atoms with Gasteiger partial charge in [0.1, 0.15) is 0 Å². The second-order valence-corrected chi connectivity index (χ2v) is 4.81. The Labute approximate surface area is 132 Å². The van der Waals surface area contributed by atoms with Gasteiger partial charge in [-0.1, -0.05) is 13.8 Å². The van der Waals surface area contributed by atoms with Crippen LogP contribution in [0, 0.1) is 17.5 Å². The fourth-order valence-electron chi connectivity index (χ4n) is 1.93. The van der Waals surface area contributed by atoms with Crippen LogP contribution in [0.2, 0.25) is 0 Å². The molecule has 1 aromatic rings. The molecule has 128 valence electrons. The van der Waals surface area contributed by atoms with Crippen LogP contribution >= 0.6 is 0 Å². The highest BCUT2D eigenvalue weighted by atomic mass is 19.2. The van der Waals surface area contributed by atoms with Crippen LogP contribution in [0.5, 0.6) is 0 Å². The summed E-state index contributed by atoms with van der Waals surface area (Å²) >= 11 is 0. The van der Waals surface area contributed by atoms with Crippen molar-refractivity contribution in [1.82, 2.24) is 10.2 Å². The topological polar surface area (TPSA) is 61.4 Å². The summed E-state index contributed by atoms with van der Waals surface area (Å²) in [5.74, 6) is -6.73. The third-order valence-electron chi connectivity index (χ3n) is 3.32. The Bertz CT molecular complexity index is 563. The van der Waals surface area contributed by atoms with Crippen LogP contribution in [-0.2, 0) is 9.59 Å². The zero-order valence-corrected chi connectivity index (χ0v) is 13.1. The van der Waals surface area contributed by atoms with Crippen LogP contribution in [0.25, 0.3) is 0 Å². The molecule has 0 radical (unpaired) electrons. The lowest BCUT2D eigenvalue weighted by molar-refractivity contribution is -0.136. The van der Waals surface area contributed by atoms with Gasteiger partial charge in [-0.15, -0.1) is 0 Å². The van der Waals surface area contributed by atoms with Crippen molar-refractivity contribution < 1.29 is 22.8 Å². The summed E-state index contributed by atoms with van der Waals surface area (Å²) in [6.45, 7) is 6.87. The van der Waals surface area contributed by atoms with E-state index < -0.39 is 35.0 Å². The third kappa shape index (κ3) is 5.55. The van der Waals surface area contributed by atoms with Crippen LogP contribution in [0.4, 0.5) is 18.9 Å². The summed E-state index contributed by atoms with van der Waals surface area (Å²) in [4.78, 5) is 25.3. The summed E-state index contributed by atoms with van der Waals surface area (Å²) in [5.41, 5.74) is -0.591. The Kier molecular flexibility index (Phi) is 7.53. The van der Waals surface area contributed by atoms with Crippen molar-refractivity contribution in [2.24, 2.45) is 0 Å². The fraction of sp³-hybridized carbons (Fsp3) is 0.467. The highest BCUT2D eigenvalue weighted by Crippen LogP contribution is 2.19. The van der Waals surface area contributed by atoms with Gasteiger partial charge >= 0.3 is 11.8 Å². The maximum Gasteiger partial charge on any atom is 0.313 e. The van der Waals surface area contributed by atoms with Crippen LogP contribution < -0.4 is 10.6 Å². The molecular weight excluding hydrogens is 311 g/mol. The standard InChI is InChI=1S/C15H20F3N3O2/c1-3-21(4-2)9-5-8-19-14(22)15(23)20-11-7-6-10(16)12(17)13(11)18/h6-7H,3-5,8-9H2,1-2H3,(H,19,22)(H,20,23). The van der Waals surface area contributed by atoms with E-state index in [0.29, 0.717) is 12.5 Å². The molecule has 1 aromatic carbocycles. The predicted octanol–water partition coefficient (Wildman–Crippen LogP) is 1.89. The Morgan fingerprint density at radius 1 is 1.04 bits per heavy atom. The van der Waals surface area contributed by atoms with E-state index in [9.17, 15) is 22.8 Å². The monoisotopic (exact) mass is 331 g/mol. The van der Waals surface area contributed by atoms with E-state index in [0.717, 1.165) is 25.7 Å². The van der Waals surface area contributed by atoms with Crippen molar-refractivity contribution in [3.63, 3.8) is 0 Å². The molecule has 0 aromatic heterocycles. The molecule has 5 nitrogen and oxygen atoms in total. The number of carbonyl (C=O) groups excluding carboxylic acids is 2. The molecule has 8 heteroatoms. The van der Waals surface area contributed by atoms with E-state index in [1.165, 1.54) is 0 Å². The first kappa shape index (κ1) is 19.0. The number of nitrogens with one attached hydrogen (secondary N) is 2. The van der Waals surface area contributed by atoms with Gasteiger partial charge in [0.05, 0.1) is 5.69 Å². The summed E-state index contributed by atoms with van der Waals surface area (Å²) in [7, 11) is 0. The smallest absolute Gasteiger partial charge is 0.313 e. The summed E-state index contributed by atoms with van der Waals surface area (Å²) in [5, 5.41) is 4.29. The summed E-state index contributed by atoms with van der Waals surface area (Å²) in [6.07, 6.45) is 0.653. The minimum absolute atomic E-state index is 0.281. The summed E-state index contributed by atoms with van der Waals surface area (Å²) < 4.78 is 39.2. The Hall–Kier alpha value is -2.09. The predicted molar refractivity (Wildman–Crippen MR) is 80.4 cm³/mol. The van der Waals surface area contributed by atoms with Gasteiger partial charge in [-0.2, -0.15) is 0 Å². The number of carbonyl (C=O) groups is 2. The maximum atomic E-state index is 13.4. The van der Waals surface area contributed by atoms with Gasteiger partial charge in [-0.25, -0.2) is 13.2 Å². The first-order valence-electron chi connectivity index (χ1n) is 7.35. The minimum atomic E-state index is -1.71. The third-order valence-corrected chi connectivity index (χ3v) is 3.32. The van der Waals surface area contributed by atoms with E-state index in [1.807, 2.05) is 19.2 Å². The quantitative estimate of drug-likeness (QED) is 0.456. The number of hydrogen-bond donors (Lipinski definition) is 2. The van der Waals surface area contributed by atoms with E-state index in [-0.39, 0.29) is 6.54 Å². The van der Waals surface area contributed by atoms with Crippen LogP contribution in [-0.4, -0.2) is 42.9 Å². The molecule has 0 saturated carbocycles. The van der Waals surface area contributed by atoms with Crippen molar-refractivity contribution in [2.75, 3.05) is 31.5 Å². The average Bonchev–Trinajstić information content (AvgIpc) is 2.55. The molecular formula is C15H20F3N3O2. The largest absolute Gasteiger partial charge is 0.348 e. The van der Waals surface area contributed by atoms with Crippen molar-refractivity contribution in [1.29, 1.82) is 0 Å². The average molecular weight is 331 g/mol. The van der Waals surface area contributed by atoms with Crippen molar-refractivity contribution in [2.45, 2.75) is 20.3 Å². The number of hydrogen-bond acceptors (Lipinski definition) is 3. The molecule has 0 aliphatic carbocycles. The molecule has 0 aliphatic heterocycles. The van der Waals surface area contributed by atoms with E-state index in [2.05, 4.69) is 10.2 Å². The number of halogens is 3. The second-order valence-electron chi connectivity index (χ2n) is 4.81. The minimum Gasteiger partial charge on any atom is -0.348 e. The normalized spacial score (nSPS) is 10.7.